The van der Waals surface area contributed by atoms with Crippen LogP contribution in [0.2, 0.25) is 10.0 Å². The van der Waals surface area contributed by atoms with E-state index in [0.717, 1.165) is 42.2 Å². The summed E-state index contributed by atoms with van der Waals surface area (Å²) in [4.78, 5) is 9.94. The Morgan fingerprint density at radius 3 is 2.60 bits per heavy atom. The highest BCUT2D eigenvalue weighted by Crippen LogP contribution is 2.39. The monoisotopic (exact) mass is 402 g/mol. The second kappa shape index (κ2) is 7.34. The first-order valence-electron chi connectivity index (χ1n) is 7.56. The van der Waals surface area contributed by atoms with Crippen molar-refractivity contribution in [1.29, 1.82) is 0 Å². The first kappa shape index (κ1) is 16.9. The minimum atomic E-state index is 0.732. The number of aromatic nitrogens is 2. The Labute approximate surface area is 163 Å². The lowest BCUT2D eigenvalue weighted by molar-refractivity contribution is 1.11. The van der Waals surface area contributed by atoms with Gasteiger partial charge < -0.3 is 0 Å². The molecule has 0 aliphatic rings. The topological polar surface area (TPSA) is 25.8 Å². The normalized spacial score (nSPS) is 11.1. The molecule has 0 saturated heterocycles. The van der Waals surface area contributed by atoms with Crippen LogP contribution in [0.15, 0.2) is 65.3 Å². The summed E-state index contributed by atoms with van der Waals surface area (Å²) < 4.78 is 0. The van der Waals surface area contributed by atoms with Crippen molar-refractivity contribution >= 4 is 56.5 Å². The molecule has 0 saturated carbocycles. The third-order valence-electron chi connectivity index (χ3n) is 3.76. The molecule has 0 radical (unpaired) electrons. The molecule has 0 fully saturated rings. The first-order valence-corrected chi connectivity index (χ1v) is 10.2. The summed E-state index contributed by atoms with van der Waals surface area (Å²) in [5, 5.41) is 5.70. The van der Waals surface area contributed by atoms with Crippen molar-refractivity contribution in [2.45, 2.75) is 10.8 Å². The van der Waals surface area contributed by atoms with Crippen LogP contribution in [0.1, 0.15) is 5.56 Å². The minimum Gasteiger partial charge on any atom is -0.229 e. The molecule has 6 heteroatoms. The highest BCUT2D eigenvalue weighted by atomic mass is 35.5. The second-order valence-electron chi connectivity index (χ2n) is 5.43. The highest BCUT2D eigenvalue weighted by Gasteiger charge is 2.13. The Hall–Kier alpha value is -1.59. The summed E-state index contributed by atoms with van der Waals surface area (Å²) in [6, 6.07) is 15.8. The van der Waals surface area contributed by atoms with E-state index in [9.17, 15) is 0 Å². The molecule has 25 heavy (non-hydrogen) atoms. The molecule has 124 valence electrons. The van der Waals surface area contributed by atoms with E-state index in [4.69, 9.17) is 23.2 Å². The maximum absolute atomic E-state index is 6.08. The molecule has 0 aliphatic carbocycles. The Bertz CT molecular complexity index is 1030. The number of thiophene rings is 1. The molecule has 0 amide bonds. The Morgan fingerprint density at radius 2 is 1.80 bits per heavy atom. The van der Waals surface area contributed by atoms with Gasteiger partial charge in [0.25, 0.3) is 0 Å². The van der Waals surface area contributed by atoms with Crippen LogP contribution in [0.4, 0.5) is 0 Å². The molecule has 0 unspecified atom stereocenters. The van der Waals surface area contributed by atoms with Gasteiger partial charge in [0, 0.05) is 26.7 Å². The van der Waals surface area contributed by atoms with E-state index in [-0.39, 0.29) is 0 Å². The van der Waals surface area contributed by atoms with Crippen LogP contribution in [0.3, 0.4) is 0 Å². The van der Waals surface area contributed by atoms with Crippen LogP contribution in [0.5, 0.6) is 0 Å². The maximum atomic E-state index is 6.08. The lowest BCUT2D eigenvalue weighted by atomic mass is 10.1. The van der Waals surface area contributed by atoms with Gasteiger partial charge >= 0.3 is 0 Å². The smallest absolute Gasteiger partial charge is 0.128 e. The molecular weight excluding hydrogens is 391 g/mol. The number of rotatable bonds is 4. The molecule has 0 spiro atoms. The Balaban J connectivity index is 1.71. The number of nitrogens with zero attached hydrogens (tertiary/aromatic N) is 2. The fourth-order valence-corrected chi connectivity index (χ4v) is 4.85. The zero-order valence-corrected chi connectivity index (χ0v) is 16.1. The molecule has 0 aliphatic heterocycles. The molecule has 0 bridgehead atoms. The van der Waals surface area contributed by atoms with Crippen molar-refractivity contribution in [3.63, 3.8) is 0 Å². The molecular formula is C19H12Cl2N2S2. The number of halogens is 2. The highest BCUT2D eigenvalue weighted by molar-refractivity contribution is 7.98. The summed E-state index contributed by atoms with van der Waals surface area (Å²) in [5.74, 6) is 0.808. The van der Waals surface area contributed by atoms with Crippen LogP contribution in [0, 0.1) is 0 Å². The van der Waals surface area contributed by atoms with Crippen LogP contribution in [-0.2, 0) is 5.75 Å². The number of thioether (sulfide) groups is 1. The molecule has 2 nitrogen and oxygen atoms in total. The van der Waals surface area contributed by atoms with Gasteiger partial charge in [0.15, 0.2) is 0 Å². The van der Waals surface area contributed by atoms with E-state index < -0.39 is 0 Å². The fraction of sp³-hybridized carbons (Fsp3) is 0.0526. The Morgan fingerprint density at radius 1 is 0.960 bits per heavy atom. The number of hydrogen-bond donors (Lipinski definition) is 0. The van der Waals surface area contributed by atoms with Gasteiger partial charge in [0.2, 0.25) is 0 Å². The predicted octanol–water partition coefficient (Wildman–Crippen LogP) is 6.96. The van der Waals surface area contributed by atoms with Gasteiger partial charge in [-0.2, -0.15) is 0 Å². The zero-order valence-electron chi connectivity index (χ0n) is 12.9. The lowest BCUT2D eigenvalue weighted by Gasteiger charge is -2.06. The SMILES string of the molecule is Clc1ccc(-c2csc3ncnc(SCc4cccc(Cl)c4)c23)cc1. The van der Waals surface area contributed by atoms with E-state index in [2.05, 4.69) is 21.4 Å². The summed E-state index contributed by atoms with van der Waals surface area (Å²) >= 11 is 15.4. The van der Waals surface area contributed by atoms with Crippen molar-refractivity contribution in [2.75, 3.05) is 0 Å². The van der Waals surface area contributed by atoms with Gasteiger partial charge in [0.05, 0.1) is 5.39 Å². The van der Waals surface area contributed by atoms with Crippen molar-refractivity contribution < 1.29 is 0 Å². The van der Waals surface area contributed by atoms with Crippen LogP contribution in [0.25, 0.3) is 21.3 Å². The van der Waals surface area contributed by atoms with Gasteiger partial charge in [0.1, 0.15) is 16.2 Å². The van der Waals surface area contributed by atoms with E-state index in [0.29, 0.717) is 0 Å². The molecule has 4 rings (SSSR count). The summed E-state index contributed by atoms with van der Waals surface area (Å²) in [6.07, 6.45) is 1.63. The number of fused-ring (bicyclic) bond motifs is 1. The van der Waals surface area contributed by atoms with Crippen LogP contribution in [-0.4, -0.2) is 9.97 Å². The van der Waals surface area contributed by atoms with Crippen molar-refractivity contribution in [1.82, 2.24) is 9.97 Å². The summed E-state index contributed by atoms with van der Waals surface area (Å²) in [6.45, 7) is 0. The third-order valence-corrected chi connectivity index (χ3v) is 6.19. The molecule has 0 atom stereocenters. The molecule has 2 heterocycles. The third kappa shape index (κ3) is 3.67. The zero-order chi connectivity index (χ0) is 17.2. The maximum Gasteiger partial charge on any atom is 0.128 e. The van der Waals surface area contributed by atoms with Crippen molar-refractivity contribution in [3.05, 3.63) is 75.8 Å². The second-order valence-corrected chi connectivity index (χ2v) is 8.13. The molecule has 2 aromatic carbocycles. The van der Waals surface area contributed by atoms with Gasteiger partial charge in [-0.3, -0.25) is 0 Å². The average Bonchev–Trinajstić information content (AvgIpc) is 3.05. The summed E-state index contributed by atoms with van der Waals surface area (Å²) in [5.41, 5.74) is 3.44. The number of benzene rings is 2. The van der Waals surface area contributed by atoms with E-state index >= 15 is 0 Å². The fourth-order valence-electron chi connectivity index (χ4n) is 2.58. The molecule has 2 aromatic heterocycles. The van der Waals surface area contributed by atoms with Crippen molar-refractivity contribution in [2.24, 2.45) is 0 Å². The average molecular weight is 403 g/mol. The minimum absolute atomic E-state index is 0.732. The van der Waals surface area contributed by atoms with Crippen LogP contribution < -0.4 is 0 Å². The Kier molecular flexibility index (Phi) is 4.95. The molecule has 0 N–H and O–H groups in total. The quantitative estimate of drug-likeness (QED) is 0.272. The van der Waals surface area contributed by atoms with E-state index in [1.165, 1.54) is 5.56 Å². The van der Waals surface area contributed by atoms with Gasteiger partial charge in [-0.1, -0.05) is 47.5 Å². The first-order chi connectivity index (χ1) is 12.2. The van der Waals surface area contributed by atoms with E-state index in [1.807, 2.05) is 42.5 Å². The largest absolute Gasteiger partial charge is 0.229 e. The van der Waals surface area contributed by atoms with Gasteiger partial charge in [-0.05, 0) is 35.4 Å². The van der Waals surface area contributed by atoms with Gasteiger partial charge in [-0.25, -0.2) is 9.97 Å². The van der Waals surface area contributed by atoms with E-state index in [1.54, 1.807) is 29.4 Å². The lowest BCUT2D eigenvalue weighted by Crippen LogP contribution is -1.87. The standard InChI is InChI=1S/C19H12Cl2N2S2/c20-14-6-4-13(5-7-14)16-10-25-19-17(16)18(22-11-23-19)24-9-12-2-1-3-15(21)8-12/h1-8,10-11H,9H2. The summed E-state index contributed by atoms with van der Waals surface area (Å²) in [7, 11) is 0. The molecule has 4 aromatic rings. The predicted molar refractivity (Wildman–Crippen MR) is 109 cm³/mol. The van der Waals surface area contributed by atoms with Crippen molar-refractivity contribution in [3.8, 4) is 11.1 Å². The van der Waals surface area contributed by atoms with Crippen LogP contribution >= 0.6 is 46.3 Å². The van der Waals surface area contributed by atoms with Gasteiger partial charge in [-0.15, -0.1) is 23.1 Å². The number of hydrogen-bond acceptors (Lipinski definition) is 4.